The number of nitrogens with one attached hydrogen (secondary N) is 1. The summed E-state index contributed by atoms with van der Waals surface area (Å²) in [5.41, 5.74) is 7.72. The van der Waals surface area contributed by atoms with Gasteiger partial charge in [-0.2, -0.15) is 0 Å². The first-order valence-electron chi connectivity index (χ1n) is 12.0. The van der Waals surface area contributed by atoms with Gasteiger partial charge in [-0.3, -0.25) is 9.59 Å². The zero-order valence-electron chi connectivity index (χ0n) is 21.2. The zero-order valence-corrected chi connectivity index (χ0v) is 21.9. The Kier molecular flexibility index (Phi) is 7.59. The molecule has 37 heavy (non-hydrogen) atoms. The largest absolute Gasteiger partial charge is 0.497 e. The van der Waals surface area contributed by atoms with Crippen molar-refractivity contribution in [1.82, 2.24) is 10.2 Å². The number of ketones is 1. The van der Waals surface area contributed by atoms with Crippen LogP contribution in [0.3, 0.4) is 0 Å². The average Bonchev–Trinajstić information content (AvgIpc) is 3.41. The third-order valence-corrected chi connectivity index (χ3v) is 7.09. The molecular weight excluding hydrogens is 494 g/mol. The topological polar surface area (TPSA) is 115 Å². The monoisotopic (exact) mass is 523 g/mol. The van der Waals surface area contributed by atoms with Crippen LogP contribution in [0, 0.1) is 19.8 Å². The number of amides is 3. The number of hydrogen-bond donors (Lipinski definition) is 2. The number of methoxy groups -OCH3 is 1. The Morgan fingerprint density at radius 1 is 1.05 bits per heavy atom. The minimum atomic E-state index is -1.09. The summed E-state index contributed by atoms with van der Waals surface area (Å²) in [7, 11) is 1.56. The van der Waals surface area contributed by atoms with Gasteiger partial charge in [0.15, 0.2) is 5.78 Å². The fourth-order valence-corrected chi connectivity index (χ4v) is 5.45. The summed E-state index contributed by atoms with van der Waals surface area (Å²) in [4.78, 5) is 42.3. The standard InChI is InChI=1S/C28H30ClN3O5/c1-5-31-28(35)32-24(18-6-10-19(29)11-7-18)23(26(33)21-14-15(2)37-16(21)3)22(25(32)27(30)34)17-8-12-20(36-4)13-9-17/h6-14,22-25H,5H2,1-4H3,(H2,30,34)(H,31,35). The maximum atomic E-state index is 14.3. The second-order valence-electron chi connectivity index (χ2n) is 9.10. The van der Waals surface area contributed by atoms with Gasteiger partial charge in [0.1, 0.15) is 23.3 Å². The third-order valence-electron chi connectivity index (χ3n) is 6.84. The van der Waals surface area contributed by atoms with Crippen molar-refractivity contribution in [2.75, 3.05) is 13.7 Å². The molecule has 8 nitrogen and oxygen atoms in total. The highest BCUT2D eigenvalue weighted by Crippen LogP contribution is 2.51. The number of carbonyl (C=O) groups is 3. The Labute approximate surface area is 220 Å². The molecule has 1 fully saturated rings. The lowest BCUT2D eigenvalue weighted by atomic mass is 9.76. The zero-order chi connectivity index (χ0) is 26.9. The van der Waals surface area contributed by atoms with E-state index in [4.69, 9.17) is 26.5 Å². The van der Waals surface area contributed by atoms with Crippen LogP contribution in [0.25, 0.3) is 0 Å². The first-order valence-corrected chi connectivity index (χ1v) is 12.4. The Morgan fingerprint density at radius 2 is 1.68 bits per heavy atom. The molecule has 0 saturated carbocycles. The van der Waals surface area contributed by atoms with Gasteiger partial charge in [-0.05, 0) is 62.2 Å². The Morgan fingerprint density at radius 3 is 2.19 bits per heavy atom. The summed E-state index contributed by atoms with van der Waals surface area (Å²) in [5, 5.41) is 3.30. The number of furan rings is 1. The molecule has 2 heterocycles. The first-order chi connectivity index (χ1) is 17.7. The van der Waals surface area contributed by atoms with E-state index in [0.29, 0.717) is 45.5 Å². The number of rotatable bonds is 7. The molecule has 4 rings (SSSR count). The number of benzene rings is 2. The highest BCUT2D eigenvalue weighted by molar-refractivity contribution is 6.30. The van der Waals surface area contributed by atoms with Crippen LogP contribution in [-0.4, -0.2) is 42.3 Å². The van der Waals surface area contributed by atoms with Crippen LogP contribution in [0.5, 0.6) is 5.75 Å². The molecule has 4 unspecified atom stereocenters. The number of aryl methyl sites for hydroxylation is 2. The average molecular weight is 524 g/mol. The van der Waals surface area contributed by atoms with E-state index < -0.39 is 35.9 Å². The van der Waals surface area contributed by atoms with Crippen LogP contribution >= 0.6 is 11.6 Å². The van der Waals surface area contributed by atoms with E-state index in [-0.39, 0.29) is 5.78 Å². The second-order valence-corrected chi connectivity index (χ2v) is 9.54. The number of Topliss-reactive ketones (excluding diaryl/α,β-unsaturated/α-hetero) is 1. The third kappa shape index (κ3) is 4.93. The summed E-state index contributed by atoms with van der Waals surface area (Å²) in [5.74, 6) is -0.835. The molecule has 2 aromatic carbocycles. The lowest BCUT2D eigenvalue weighted by molar-refractivity contribution is -0.122. The van der Waals surface area contributed by atoms with Crippen LogP contribution in [0.2, 0.25) is 5.02 Å². The fourth-order valence-electron chi connectivity index (χ4n) is 5.33. The molecule has 1 aliphatic rings. The van der Waals surface area contributed by atoms with Gasteiger partial charge in [-0.25, -0.2) is 4.79 Å². The van der Waals surface area contributed by atoms with Crippen LogP contribution < -0.4 is 15.8 Å². The molecule has 194 valence electrons. The molecule has 3 N–H and O–H groups in total. The molecule has 3 amide bonds. The van der Waals surface area contributed by atoms with Gasteiger partial charge in [0.05, 0.1) is 24.6 Å². The predicted octanol–water partition coefficient (Wildman–Crippen LogP) is 4.78. The van der Waals surface area contributed by atoms with E-state index in [9.17, 15) is 14.4 Å². The van der Waals surface area contributed by atoms with Gasteiger partial charge in [0.2, 0.25) is 5.91 Å². The molecular formula is C28H30ClN3O5. The Bertz CT molecular complexity index is 1300. The van der Waals surface area contributed by atoms with Crippen molar-refractivity contribution in [2.24, 2.45) is 11.7 Å². The van der Waals surface area contributed by atoms with Crippen molar-refractivity contribution in [2.45, 2.75) is 38.8 Å². The van der Waals surface area contributed by atoms with Crippen molar-refractivity contribution in [3.63, 3.8) is 0 Å². The van der Waals surface area contributed by atoms with E-state index in [0.717, 1.165) is 0 Å². The molecule has 0 aliphatic carbocycles. The maximum Gasteiger partial charge on any atom is 0.318 e. The summed E-state index contributed by atoms with van der Waals surface area (Å²) >= 11 is 6.16. The lowest BCUT2D eigenvalue weighted by Crippen LogP contribution is -2.50. The van der Waals surface area contributed by atoms with E-state index in [1.165, 1.54) is 4.90 Å². The number of urea groups is 1. The number of ether oxygens (including phenoxy) is 1. The number of hydrogen-bond acceptors (Lipinski definition) is 5. The van der Waals surface area contributed by atoms with Gasteiger partial charge >= 0.3 is 6.03 Å². The van der Waals surface area contributed by atoms with E-state index >= 15 is 0 Å². The normalized spacial score (nSPS) is 21.1. The van der Waals surface area contributed by atoms with E-state index in [2.05, 4.69) is 5.32 Å². The minimum Gasteiger partial charge on any atom is -0.497 e. The van der Waals surface area contributed by atoms with Crippen LogP contribution in [0.1, 0.15) is 51.9 Å². The van der Waals surface area contributed by atoms with Gasteiger partial charge in [-0.15, -0.1) is 0 Å². The smallest absolute Gasteiger partial charge is 0.318 e. The van der Waals surface area contributed by atoms with Crippen LogP contribution in [0.4, 0.5) is 4.79 Å². The predicted molar refractivity (Wildman–Crippen MR) is 140 cm³/mol. The number of likely N-dealkylation sites (tertiary alicyclic amines) is 1. The quantitative estimate of drug-likeness (QED) is 0.432. The summed E-state index contributed by atoms with van der Waals surface area (Å²) in [6.07, 6.45) is 0. The van der Waals surface area contributed by atoms with Gasteiger partial charge in [0, 0.05) is 17.5 Å². The molecule has 0 spiro atoms. The number of nitrogens with zero attached hydrogens (tertiary/aromatic N) is 1. The highest BCUT2D eigenvalue weighted by atomic mass is 35.5. The van der Waals surface area contributed by atoms with E-state index in [1.807, 2.05) is 0 Å². The van der Waals surface area contributed by atoms with Gasteiger partial charge in [-0.1, -0.05) is 35.9 Å². The van der Waals surface area contributed by atoms with Gasteiger partial charge < -0.3 is 25.1 Å². The van der Waals surface area contributed by atoms with Crippen molar-refractivity contribution in [3.8, 4) is 5.75 Å². The molecule has 1 aliphatic heterocycles. The summed E-state index contributed by atoms with van der Waals surface area (Å²) < 4.78 is 11.0. The summed E-state index contributed by atoms with van der Waals surface area (Å²) in [6, 6.07) is 13.4. The molecule has 1 aromatic heterocycles. The van der Waals surface area contributed by atoms with Crippen molar-refractivity contribution in [1.29, 1.82) is 0 Å². The number of nitrogens with two attached hydrogens (primary N) is 1. The Hall–Kier alpha value is -3.78. The number of halogens is 1. The second kappa shape index (κ2) is 10.7. The van der Waals surface area contributed by atoms with Gasteiger partial charge in [0.25, 0.3) is 0 Å². The fraction of sp³-hybridized carbons (Fsp3) is 0.321. The van der Waals surface area contributed by atoms with Crippen LogP contribution in [0.15, 0.2) is 59.0 Å². The SMILES string of the molecule is CCNC(=O)N1C(C(N)=O)C(c2ccc(OC)cc2)C(C(=O)c2cc(C)oc2C)C1c1ccc(Cl)cc1. The molecule has 0 radical (unpaired) electrons. The van der Waals surface area contributed by atoms with Crippen molar-refractivity contribution in [3.05, 3.63) is 87.8 Å². The Balaban J connectivity index is 1.99. The van der Waals surface area contributed by atoms with E-state index in [1.54, 1.807) is 82.5 Å². The van der Waals surface area contributed by atoms with Crippen molar-refractivity contribution >= 4 is 29.3 Å². The molecule has 0 bridgehead atoms. The van der Waals surface area contributed by atoms with Crippen molar-refractivity contribution < 1.29 is 23.5 Å². The molecule has 1 saturated heterocycles. The number of carbonyl (C=O) groups excluding carboxylic acids is 3. The highest BCUT2D eigenvalue weighted by Gasteiger charge is 2.57. The summed E-state index contributed by atoms with van der Waals surface area (Å²) in [6.45, 7) is 5.61. The first kappa shape index (κ1) is 26.3. The minimum absolute atomic E-state index is 0.242. The molecule has 9 heteroatoms. The molecule has 4 atom stereocenters. The maximum absolute atomic E-state index is 14.3. The number of primary amides is 1. The lowest BCUT2D eigenvalue weighted by Gasteiger charge is -2.30. The van der Waals surface area contributed by atoms with Crippen LogP contribution in [-0.2, 0) is 4.79 Å². The molecule has 3 aromatic rings.